The third-order valence-corrected chi connectivity index (χ3v) is 5.37. The van der Waals surface area contributed by atoms with Crippen LogP contribution in [0.25, 0.3) is 17.0 Å². The molecule has 3 rings (SSSR count). The second-order valence-electron chi connectivity index (χ2n) is 9.06. The molecule has 1 aliphatic rings. The minimum absolute atomic E-state index is 0.0894. The van der Waals surface area contributed by atoms with Gasteiger partial charge in [-0.25, -0.2) is 4.79 Å². The Morgan fingerprint density at radius 1 is 1.21 bits per heavy atom. The lowest BCUT2D eigenvalue weighted by atomic mass is 9.80. The Balaban J connectivity index is 1.66. The molecule has 0 aliphatic carbocycles. The molecule has 0 bridgehead atoms. The van der Waals surface area contributed by atoms with Crippen LogP contribution in [0.3, 0.4) is 0 Å². The summed E-state index contributed by atoms with van der Waals surface area (Å²) in [7, 11) is 0. The largest absolute Gasteiger partial charge is 0.444 e. The molecule has 0 spiro atoms. The van der Waals surface area contributed by atoms with E-state index in [0.29, 0.717) is 0 Å². The normalized spacial score (nSPS) is 17.2. The lowest BCUT2D eigenvalue weighted by Crippen LogP contribution is -2.43. The van der Waals surface area contributed by atoms with E-state index in [2.05, 4.69) is 56.3 Å². The Bertz CT molecular complexity index is 872. The topological polar surface area (TPSA) is 42.4 Å². The summed E-state index contributed by atoms with van der Waals surface area (Å²) in [5.41, 5.74) is 2.98. The molecule has 0 N–H and O–H groups in total. The molecule has 2 aromatic rings. The number of amides is 1. The average Bonchev–Trinajstić information content (AvgIpc) is 2.65. The molecular formula is C24H32N2O2. The summed E-state index contributed by atoms with van der Waals surface area (Å²) in [4.78, 5) is 18.8. The van der Waals surface area contributed by atoms with Crippen molar-refractivity contribution < 1.29 is 9.53 Å². The summed E-state index contributed by atoms with van der Waals surface area (Å²) in [5, 5.41) is 1.17. The van der Waals surface area contributed by atoms with Crippen molar-refractivity contribution in [2.75, 3.05) is 13.1 Å². The van der Waals surface area contributed by atoms with Gasteiger partial charge < -0.3 is 9.64 Å². The van der Waals surface area contributed by atoms with Crippen LogP contribution < -0.4 is 0 Å². The van der Waals surface area contributed by atoms with Crippen molar-refractivity contribution in [1.29, 1.82) is 0 Å². The van der Waals surface area contributed by atoms with Crippen LogP contribution in [0.2, 0.25) is 0 Å². The molecule has 4 heteroatoms. The van der Waals surface area contributed by atoms with Gasteiger partial charge in [0.2, 0.25) is 0 Å². The number of fused-ring (bicyclic) bond motifs is 1. The Labute approximate surface area is 168 Å². The van der Waals surface area contributed by atoms with E-state index in [4.69, 9.17) is 9.72 Å². The van der Waals surface area contributed by atoms with Gasteiger partial charge in [-0.15, -0.1) is 0 Å². The van der Waals surface area contributed by atoms with Gasteiger partial charge in [0.1, 0.15) is 5.60 Å². The summed E-state index contributed by atoms with van der Waals surface area (Å²) >= 11 is 0. The van der Waals surface area contributed by atoms with E-state index in [1.165, 1.54) is 10.9 Å². The van der Waals surface area contributed by atoms with Crippen LogP contribution in [0.1, 0.15) is 58.7 Å². The van der Waals surface area contributed by atoms with Crippen molar-refractivity contribution in [2.24, 2.45) is 5.41 Å². The van der Waals surface area contributed by atoms with Gasteiger partial charge in [0.25, 0.3) is 0 Å². The van der Waals surface area contributed by atoms with Crippen LogP contribution in [-0.2, 0) is 11.2 Å². The van der Waals surface area contributed by atoms with Crippen LogP contribution in [0.15, 0.2) is 36.4 Å². The first-order valence-corrected chi connectivity index (χ1v) is 10.2. The Morgan fingerprint density at radius 2 is 1.89 bits per heavy atom. The van der Waals surface area contributed by atoms with Gasteiger partial charge in [-0.3, -0.25) is 4.98 Å². The van der Waals surface area contributed by atoms with Crippen molar-refractivity contribution in [3.63, 3.8) is 0 Å². The second-order valence-corrected chi connectivity index (χ2v) is 9.06. The molecule has 1 aliphatic heterocycles. The molecule has 150 valence electrons. The van der Waals surface area contributed by atoms with E-state index >= 15 is 0 Å². The Morgan fingerprint density at radius 3 is 2.54 bits per heavy atom. The molecule has 1 fully saturated rings. The zero-order chi connectivity index (χ0) is 20.4. The highest BCUT2D eigenvalue weighted by Gasteiger charge is 2.31. The number of ether oxygens (including phenoxy) is 1. The molecule has 0 atom stereocenters. The van der Waals surface area contributed by atoms with Gasteiger partial charge in [-0.2, -0.15) is 0 Å². The number of benzene rings is 1. The first-order valence-electron chi connectivity index (χ1n) is 10.2. The van der Waals surface area contributed by atoms with Gasteiger partial charge in [0.05, 0.1) is 5.52 Å². The first kappa shape index (κ1) is 20.4. The standard InChI is InChI=1S/C24H32N2O2/c1-6-20-10-9-19-8-7-18(17-21(19)25-20)11-12-24(5)13-15-26(16-14-24)22(27)28-23(2,3)4/h7-12,17H,6,13-16H2,1-5H3/b12-11+. The Kier molecular flexibility index (Phi) is 5.78. The molecule has 1 aromatic heterocycles. The molecule has 28 heavy (non-hydrogen) atoms. The summed E-state index contributed by atoms with van der Waals surface area (Å²) < 4.78 is 5.50. The Hall–Kier alpha value is -2.36. The number of hydrogen-bond acceptors (Lipinski definition) is 3. The fourth-order valence-corrected chi connectivity index (χ4v) is 3.47. The monoisotopic (exact) mass is 380 g/mol. The van der Waals surface area contributed by atoms with Gasteiger partial charge >= 0.3 is 6.09 Å². The summed E-state index contributed by atoms with van der Waals surface area (Å²) in [6.45, 7) is 11.6. The van der Waals surface area contributed by atoms with Crippen LogP contribution in [-0.4, -0.2) is 34.7 Å². The number of aromatic nitrogens is 1. The number of likely N-dealkylation sites (tertiary alicyclic amines) is 1. The first-order chi connectivity index (χ1) is 13.2. The highest BCUT2D eigenvalue weighted by molar-refractivity contribution is 5.81. The highest BCUT2D eigenvalue weighted by Crippen LogP contribution is 2.33. The van der Waals surface area contributed by atoms with Crippen molar-refractivity contribution in [3.05, 3.63) is 47.7 Å². The van der Waals surface area contributed by atoms with Gasteiger partial charge in [-0.1, -0.05) is 44.2 Å². The zero-order valence-corrected chi connectivity index (χ0v) is 17.8. The van der Waals surface area contributed by atoms with Crippen LogP contribution in [0, 0.1) is 5.41 Å². The fraction of sp³-hybridized carbons (Fsp3) is 0.500. The summed E-state index contributed by atoms with van der Waals surface area (Å²) in [5.74, 6) is 0. The van der Waals surface area contributed by atoms with Crippen molar-refractivity contribution >= 4 is 23.1 Å². The third-order valence-electron chi connectivity index (χ3n) is 5.37. The van der Waals surface area contributed by atoms with Crippen LogP contribution in [0.4, 0.5) is 4.79 Å². The maximum atomic E-state index is 12.3. The summed E-state index contributed by atoms with van der Waals surface area (Å²) in [6.07, 6.45) is 7.12. The molecule has 0 unspecified atom stereocenters. The number of carbonyl (C=O) groups excluding carboxylic acids is 1. The lowest BCUT2D eigenvalue weighted by molar-refractivity contribution is 0.0156. The predicted molar refractivity (Wildman–Crippen MR) is 115 cm³/mol. The van der Waals surface area contributed by atoms with Crippen LogP contribution in [0.5, 0.6) is 0 Å². The number of aryl methyl sites for hydroxylation is 1. The molecule has 2 heterocycles. The molecule has 1 amide bonds. The zero-order valence-electron chi connectivity index (χ0n) is 17.8. The van der Waals surface area contributed by atoms with Gasteiger partial charge in [-0.05, 0) is 63.1 Å². The van der Waals surface area contributed by atoms with Crippen molar-refractivity contribution in [3.8, 4) is 0 Å². The van der Waals surface area contributed by atoms with E-state index in [9.17, 15) is 4.79 Å². The quantitative estimate of drug-likeness (QED) is 0.671. The minimum Gasteiger partial charge on any atom is -0.444 e. The number of hydrogen-bond donors (Lipinski definition) is 0. The number of allylic oxidation sites excluding steroid dienone is 1. The third kappa shape index (κ3) is 5.12. The van der Waals surface area contributed by atoms with Gasteiger partial charge in [0, 0.05) is 24.2 Å². The van der Waals surface area contributed by atoms with Crippen molar-refractivity contribution in [2.45, 2.75) is 59.5 Å². The maximum Gasteiger partial charge on any atom is 0.410 e. The van der Waals surface area contributed by atoms with Crippen molar-refractivity contribution in [1.82, 2.24) is 9.88 Å². The lowest BCUT2D eigenvalue weighted by Gasteiger charge is -2.38. The summed E-state index contributed by atoms with van der Waals surface area (Å²) in [6, 6.07) is 10.7. The minimum atomic E-state index is -0.445. The van der Waals surface area contributed by atoms with Crippen LogP contribution >= 0.6 is 0 Å². The molecule has 0 saturated carbocycles. The average molecular weight is 381 g/mol. The maximum absolute atomic E-state index is 12.3. The number of piperidine rings is 1. The number of rotatable bonds is 3. The number of pyridine rings is 1. The number of nitrogens with zero attached hydrogens (tertiary/aromatic N) is 2. The molecule has 1 aromatic carbocycles. The SMILES string of the molecule is CCc1ccc2ccc(/C=C/C3(C)CCN(C(=O)OC(C)(C)C)CC3)cc2n1. The van der Waals surface area contributed by atoms with E-state index in [-0.39, 0.29) is 11.5 Å². The fourth-order valence-electron chi connectivity index (χ4n) is 3.47. The predicted octanol–water partition coefficient (Wildman–Crippen LogP) is 5.85. The molecule has 0 radical (unpaired) electrons. The van der Waals surface area contributed by atoms with E-state index in [1.54, 1.807) is 0 Å². The van der Waals surface area contributed by atoms with Gasteiger partial charge in [0.15, 0.2) is 0 Å². The molecule has 4 nitrogen and oxygen atoms in total. The molecule has 1 saturated heterocycles. The second kappa shape index (κ2) is 7.94. The smallest absolute Gasteiger partial charge is 0.410 e. The highest BCUT2D eigenvalue weighted by atomic mass is 16.6. The van der Waals surface area contributed by atoms with E-state index in [0.717, 1.165) is 43.6 Å². The van der Waals surface area contributed by atoms with E-state index < -0.39 is 5.60 Å². The van der Waals surface area contributed by atoms with E-state index in [1.807, 2.05) is 25.7 Å². The molecular weight excluding hydrogens is 348 g/mol. The number of carbonyl (C=O) groups is 1.